The van der Waals surface area contributed by atoms with E-state index in [-0.39, 0.29) is 11.8 Å². The highest BCUT2D eigenvalue weighted by Crippen LogP contribution is 2.12. The van der Waals surface area contributed by atoms with E-state index in [2.05, 4.69) is 0 Å². The number of benzene rings is 2. The van der Waals surface area contributed by atoms with Gasteiger partial charge in [0, 0.05) is 31.7 Å². The monoisotopic (exact) mass is 352 g/mol. The van der Waals surface area contributed by atoms with Crippen LogP contribution in [0.3, 0.4) is 0 Å². The molecular formula is C21H24N2O3. The van der Waals surface area contributed by atoms with E-state index >= 15 is 0 Å². The molecule has 1 saturated heterocycles. The second kappa shape index (κ2) is 8.52. The van der Waals surface area contributed by atoms with Crippen molar-refractivity contribution in [3.05, 3.63) is 65.7 Å². The summed E-state index contributed by atoms with van der Waals surface area (Å²) in [5, 5.41) is 0. The summed E-state index contributed by atoms with van der Waals surface area (Å²) in [5.41, 5.74) is 1.83. The molecule has 1 aliphatic rings. The Morgan fingerprint density at radius 2 is 1.50 bits per heavy atom. The average Bonchev–Trinajstić information content (AvgIpc) is 2.69. The molecule has 0 aromatic heterocycles. The summed E-state index contributed by atoms with van der Waals surface area (Å²) in [6.45, 7) is 4.64. The lowest BCUT2D eigenvalue weighted by Gasteiger charge is -2.35. The fourth-order valence-corrected chi connectivity index (χ4v) is 2.97. The van der Waals surface area contributed by atoms with Crippen molar-refractivity contribution < 1.29 is 14.3 Å². The Morgan fingerprint density at radius 3 is 2.15 bits per heavy atom. The van der Waals surface area contributed by atoms with E-state index < -0.39 is 0 Å². The van der Waals surface area contributed by atoms with Crippen molar-refractivity contribution in [1.29, 1.82) is 0 Å². The van der Waals surface area contributed by atoms with Gasteiger partial charge in [0.25, 0.3) is 5.91 Å². The number of carbonyl (C=O) groups is 2. The van der Waals surface area contributed by atoms with Gasteiger partial charge in [0.05, 0.1) is 13.0 Å². The molecule has 5 nitrogen and oxygen atoms in total. The number of carbonyl (C=O) groups excluding carboxylic acids is 2. The number of nitrogens with zero attached hydrogens (tertiary/aromatic N) is 2. The van der Waals surface area contributed by atoms with Crippen molar-refractivity contribution in [3.8, 4) is 5.75 Å². The number of piperazine rings is 1. The number of amides is 2. The summed E-state index contributed by atoms with van der Waals surface area (Å²) in [7, 11) is 0. The highest BCUT2D eigenvalue weighted by molar-refractivity contribution is 5.94. The predicted molar refractivity (Wildman–Crippen MR) is 100 cm³/mol. The maximum atomic E-state index is 12.5. The molecule has 136 valence electrons. The van der Waals surface area contributed by atoms with Crippen molar-refractivity contribution >= 4 is 11.8 Å². The second-order valence-corrected chi connectivity index (χ2v) is 6.45. The fourth-order valence-electron chi connectivity index (χ4n) is 2.97. The minimum Gasteiger partial charge on any atom is -0.493 e. The van der Waals surface area contributed by atoms with E-state index in [1.54, 1.807) is 0 Å². The van der Waals surface area contributed by atoms with E-state index in [4.69, 9.17) is 4.74 Å². The molecule has 0 radical (unpaired) electrons. The molecule has 1 aliphatic heterocycles. The highest BCUT2D eigenvalue weighted by atomic mass is 16.5. The normalized spacial score (nSPS) is 14.2. The van der Waals surface area contributed by atoms with E-state index in [0.29, 0.717) is 44.8 Å². The van der Waals surface area contributed by atoms with Crippen molar-refractivity contribution in [2.45, 2.75) is 13.3 Å². The van der Waals surface area contributed by atoms with Crippen molar-refractivity contribution in [2.75, 3.05) is 32.8 Å². The third-order valence-electron chi connectivity index (χ3n) is 4.55. The third-order valence-corrected chi connectivity index (χ3v) is 4.55. The molecule has 1 heterocycles. The molecular weight excluding hydrogens is 328 g/mol. The van der Waals surface area contributed by atoms with Gasteiger partial charge in [-0.3, -0.25) is 9.59 Å². The zero-order valence-corrected chi connectivity index (χ0v) is 15.1. The Balaban J connectivity index is 1.43. The summed E-state index contributed by atoms with van der Waals surface area (Å²) in [6.07, 6.45) is 0.348. The SMILES string of the molecule is Cc1ccc(C(=O)N2CCN(C(=O)CCOc3ccccc3)CC2)cc1. The number of aryl methyl sites for hydroxylation is 1. The molecule has 2 amide bonds. The van der Waals surface area contributed by atoms with Crippen molar-refractivity contribution in [3.63, 3.8) is 0 Å². The Hall–Kier alpha value is -2.82. The molecule has 1 fully saturated rings. The number of hydrogen-bond donors (Lipinski definition) is 0. The van der Waals surface area contributed by atoms with Crippen LogP contribution in [0.4, 0.5) is 0 Å². The largest absolute Gasteiger partial charge is 0.493 e. The second-order valence-electron chi connectivity index (χ2n) is 6.45. The van der Waals surface area contributed by atoms with Gasteiger partial charge < -0.3 is 14.5 Å². The van der Waals surface area contributed by atoms with Gasteiger partial charge >= 0.3 is 0 Å². The van der Waals surface area contributed by atoms with E-state index in [9.17, 15) is 9.59 Å². The highest BCUT2D eigenvalue weighted by Gasteiger charge is 2.24. The minimum absolute atomic E-state index is 0.0320. The lowest BCUT2D eigenvalue weighted by molar-refractivity contribution is -0.133. The zero-order chi connectivity index (χ0) is 18.4. The standard InChI is InChI=1S/C21H24N2O3/c1-17-7-9-18(10-8-17)21(25)23-14-12-22(13-15-23)20(24)11-16-26-19-5-3-2-4-6-19/h2-10H,11-16H2,1H3. The summed E-state index contributed by atoms with van der Waals surface area (Å²) in [5.74, 6) is 0.877. The average molecular weight is 352 g/mol. The first kappa shape index (κ1) is 18.0. The smallest absolute Gasteiger partial charge is 0.253 e. The van der Waals surface area contributed by atoms with Crippen LogP contribution in [0, 0.1) is 6.92 Å². The number of hydrogen-bond acceptors (Lipinski definition) is 3. The summed E-state index contributed by atoms with van der Waals surface area (Å²) < 4.78 is 5.58. The number of rotatable bonds is 5. The van der Waals surface area contributed by atoms with Crippen LogP contribution in [-0.2, 0) is 4.79 Å². The lowest BCUT2D eigenvalue weighted by atomic mass is 10.1. The van der Waals surface area contributed by atoms with Crippen LogP contribution in [0.5, 0.6) is 5.75 Å². The summed E-state index contributed by atoms with van der Waals surface area (Å²) in [6, 6.07) is 17.1. The van der Waals surface area contributed by atoms with Crippen molar-refractivity contribution in [1.82, 2.24) is 9.80 Å². The molecule has 0 unspecified atom stereocenters. The predicted octanol–water partition coefficient (Wildman–Crippen LogP) is 2.75. The Labute approximate surface area is 154 Å². The molecule has 0 saturated carbocycles. The lowest BCUT2D eigenvalue weighted by Crippen LogP contribution is -2.50. The molecule has 0 atom stereocenters. The molecule has 0 aliphatic carbocycles. The van der Waals surface area contributed by atoms with Crippen LogP contribution in [-0.4, -0.2) is 54.4 Å². The first-order valence-electron chi connectivity index (χ1n) is 8.95. The summed E-state index contributed by atoms with van der Waals surface area (Å²) in [4.78, 5) is 28.5. The quantitative estimate of drug-likeness (QED) is 0.831. The Bertz CT molecular complexity index is 736. The van der Waals surface area contributed by atoms with Gasteiger partial charge in [-0.25, -0.2) is 0 Å². The zero-order valence-electron chi connectivity index (χ0n) is 15.1. The fraction of sp³-hybridized carbons (Fsp3) is 0.333. The van der Waals surface area contributed by atoms with Crippen LogP contribution in [0.15, 0.2) is 54.6 Å². The van der Waals surface area contributed by atoms with Crippen LogP contribution < -0.4 is 4.74 Å². The maximum absolute atomic E-state index is 12.5. The molecule has 26 heavy (non-hydrogen) atoms. The van der Waals surface area contributed by atoms with Crippen LogP contribution in [0.25, 0.3) is 0 Å². The molecule has 2 aromatic carbocycles. The van der Waals surface area contributed by atoms with Gasteiger partial charge in [-0.15, -0.1) is 0 Å². The third kappa shape index (κ3) is 4.63. The minimum atomic E-state index is 0.0320. The van der Waals surface area contributed by atoms with Crippen molar-refractivity contribution in [2.24, 2.45) is 0 Å². The maximum Gasteiger partial charge on any atom is 0.253 e. The number of ether oxygens (including phenoxy) is 1. The van der Waals surface area contributed by atoms with Gasteiger partial charge in [0.1, 0.15) is 5.75 Å². The van der Waals surface area contributed by atoms with Gasteiger partial charge in [-0.1, -0.05) is 35.9 Å². The Kier molecular flexibility index (Phi) is 5.89. The molecule has 5 heteroatoms. The topological polar surface area (TPSA) is 49.9 Å². The van der Waals surface area contributed by atoms with Crippen LogP contribution in [0.2, 0.25) is 0 Å². The van der Waals surface area contributed by atoms with Gasteiger partial charge in [0.2, 0.25) is 5.91 Å². The molecule has 0 N–H and O–H groups in total. The van der Waals surface area contributed by atoms with Gasteiger partial charge in [-0.05, 0) is 31.2 Å². The molecule has 3 rings (SSSR count). The molecule has 2 aromatic rings. The van der Waals surface area contributed by atoms with E-state index in [1.165, 1.54) is 0 Å². The van der Waals surface area contributed by atoms with Crippen LogP contribution >= 0.6 is 0 Å². The first-order valence-corrected chi connectivity index (χ1v) is 8.95. The number of para-hydroxylation sites is 1. The van der Waals surface area contributed by atoms with E-state index in [1.807, 2.05) is 71.3 Å². The molecule has 0 spiro atoms. The van der Waals surface area contributed by atoms with E-state index in [0.717, 1.165) is 11.3 Å². The molecule has 0 bridgehead atoms. The summed E-state index contributed by atoms with van der Waals surface area (Å²) >= 11 is 0. The van der Waals surface area contributed by atoms with Gasteiger partial charge in [0.15, 0.2) is 0 Å². The van der Waals surface area contributed by atoms with Crippen LogP contribution in [0.1, 0.15) is 22.3 Å². The Morgan fingerprint density at radius 1 is 0.885 bits per heavy atom. The first-order chi connectivity index (χ1) is 12.6. The van der Waals surface area contributed by atoms with Gasteiger partial charge in [-0.2, -0.15) is 0 Å².